The molecule has 0 bridgehead atoms. The SMILES string of the molecule is CCCCCCC(=O)N1CCC(N)CC1. The summed E-state index contributed by atoms with van der Waals surface area (Å²) in [5.74, 6) is 0.331. The van der Waals surface area contributed by atoms with Gasteiger partial charge < -0.3 is 10.6 Å². The third-order valence-corrected chi connectivity index (χ3v) is 3.14. The smallest absolute Gasteiger partial charge is 0.222 e. The zero-order valence-corrected chi connectivity index (χ0v) is 9.87. The van der Waals surface area contributed by atoms with Gasteiger partial charge in [0.1, 0.15) is 0 Å². The lowest BCUT2D eigenvalue weighted by molar-refractivity contribution is -0.132. The molecule has 15 heavy (non-hydrogen) atoms. The van der Waals surface area contributed by atoms with E-state index < -0.39 is 0 Å². The van der Waals surface area contributed by atoms with E-state index in [-0.39, 0.29) is 0 Å². The summed E-state index contributed by atoms with van der Waals surface area (Å²) in [6, 6.07) is 0.314. The molecule has 0 atom stereocenters. The molecule has 1 fully saturated rings. The van der Waals surface area contributed by atoms with Crippen molar-refractivity contribution in [3.8, 4) is 0 Å². The van der Waals surface area contributed by atoms with Crippen molar-refractivity contribution >= 4 is 5.91 Å². The first-order chi connectivity index (χ1) is 7.24. The summed E-state index contributed by atoms with van der Waals surface area (Å²) >= 11 is 0. The molecule has 0 aliphatic carbocycles. The van der Waals surface area contributed by atoms with Gasteiger partial charge in [-0.15, -0.1) is 0 Å². The van der Waals surface area contributed by atoms with Crippen LogP contribution in [0.25, 0.3) is 0 Å². The second kappa shape index (κ2) is 6.83. The largest absolute Gasteiger partial charge is 0.343 e. The minimum Gasteiger partial charge on any atom is -0.343 e. The summed E-state index contributed by atoms with van der Waals surface area (Å²) in [6.45, 7) is 3.93. The predicted octanol–water partition coefficient (Wildman–Crippen LogP) is 1.91. The van der Waals surface area contributed by atoms with Gasteiger partial charge >= 0.3 is 0 Å². The highest BCUT2D eigenvalue weighted by Gasteiger charge is 2.19. The maximum Gasteiger partial charge on any atom is 0.222 e. The molecule has 1 saturated heterocycles. The van der Waals surface area contributed by atoms with Crippen LogP contribution in [0.4, 0.5) is 0 Å². The lowest BCUT2D eigenvalue weighted by Crippen LogP contribution is -2.42. The number of carbonyl (C=O) groups excluding carboxylic acids is 1. The fourth-order valence-electron chi connectivity index (χ4n) is 2.01. The van der Waals surface area contributed by atoms with Gasteiger partial charge in [0.05, 0.1) is 0 Å². The minimum absolute atomic E-state index is 0.314. The molecule has 1 heterocycles. The van der Waals surface area contributed by atoms with Gasteiger partial charge in [0.15, 0.2) is 0 Å². The molecule has 3 heteroatoms. The topological polar surface area (TPSA) is 46.3 Å². The van der Waals surface area contributed by atoms with E-state index in [1.165, 1.54) is 19.3 Å². The normalized spacial score (nSPS) is 18.1. The van der Waals surface area contributed by atoms with Crippen LogP contribution in [0.5, 0.6) is 0 Å². The number of carbonyl (C=O) groups is 1. The van der Waals surface area contributed by atoms with E-state index in [4.69, 9.17) is 5.73 Å². The van der Waals surface area contributed by atoms with E-state index >= 15 is 0 Å². The lowest BCUT2D eigenvalue weighted by Gasteiger charge is -2.30. The Labute approximate surface area is 93.0 Å². The first-order valence-electron chi connectivity index (χ1n) is 6.27. The fraction of sp³-hybridized carbons (Fsp3) is 0.917. The summed E-state index contributed by atoms with van der Waals surface area (Å²) in [5.41, 5.74) is 5.80. The van der Waals surface area contributed by atoms with Crippen molar-refractivity contribution in [3.05, 3.63) is 0 Å². The monoisotopic (exact) mass is 212 g/mol. The van der Waals surface area contributed by atoms with Gasteiger partial charge in [0.25, 0.3) is 0 Å². The average molecular weight is 212 g/mol. The van der Waals surface area contributed by atoms with Crippen LogP contribution in [-0.2, 0) is 4.79 Å². The standard InChI is InChI=1S/C12H24N2O/c1-2-3-4-5-6-12(15)14-9-7-11(13)8-10-14/h11H,2-10,13H2,1H3. The molecule has 0 radical (unpaired) electrons. The van der Waals surface area contributed by atoms with Crippen molar-refractivity contribution in [1.29, 1.82) is 0 Å². The maximum atomic E-state index is 11.8. The Bertz CT molecular complexity index is 186. The van der Waals surface area contributed by atoms with Crippen LogP contribution in [0.1, 0.15) is 51.9 Å². The number of nitrogens with two attached hydrogens (primary N) is 1. The third kappa shape index (κ3) is 4.65. The minimum atomic E-state index is 0.314. The first kappa shape index (κ1) is 12.5. The highest BCUT2D eigenvalue weighted by molar-refractivity contribution is 5.76. The van der Waals surface area contributed by atoms with Crippen molar-refractivity contribution in [2.45, 2.75) is 57.9 Å². The lowest BCUT2D eigenvalue weighted by atomic mass is 10.1. The average Bonchev–Trinajstić information content (AvgIpc) is 2.25. The Morgan fingerprint density at radius 2 is 1.93 bits per heavy atom. The van der Waals surface area contributed by atoms with Crippen molar-refractivity contribution in [2.24, 2.45) is 5.73 Å². The van der Waals surface area contributed by atoms with Crippen molar-refractivity contribution in [3.63, 3.8) is 0 Å². The number of rotatable bonds is 5. The Hall–Kier alpha value is -0.570. The Kier molecular flexibility index (Phi) is 5.69. The van der Waals surface area contributed by atoms with Crippen LogP contribution >= 0.6 is 0 Å². The second-order valence-corrected chi connectivity index (χ2v) is 4.53. The molecule has 0 saturated carbocycles. The molecule has 0 aromatic rings. The van der Waals surface area contributed by atoms with E-state index in [2.05, 4.69) is 6.92 Å². The highest BCUT2D eigenvalue weighted by Crippen LogP contribution is 2.11. The first-order valence-corrected chi connectivity index (χ1v) is 6.27. The predicted molar refractivity (Wildman–Crippen MR) is 62.5 cm³/mol. The summed E-state index contributed by atoms with van der Waals surface area (Å²) in [6.07, 6.45) is 7.40. The molecule has 0 aromatic carbocycles. The van der Waals surface area contributed by atoms with E-state index in [0.29, 0.717) is 11.9 Å². The molecule has 3 nitrogen and oxygen atoms in total. The molecule has 1 rings (SSSR count). The Morgan fingerprint density at radius 1 is 1.27 bits per heavy atom. The van der Waals surface area contributed by atoms with Crippen LogP contribution in [-0.4, -0.2) is 29.9 Å². The third-order valence-electron chi connectivity index (χ3n) is 3.14. The van der Waals surface area contributed by atoms with E-state index in [1.807, 2.05) is 4.90 Å². The van der Waals surface area contributed by atoms with Crippen LogP contribution in [0.3, 0.4) is 0 Å². The Morgan fingerprint density at radius 3 is 2.53 bits per heavy atom. The summed E-state index contributed by atoms with van der Waals surface area (Å²) in [5, 5.41) is 0. The van der Waals surface area contributed by atoms with Crippen LogP contribution in [0.15, 0.2) is 0 Å². The van der Waals surface area contributed by atoms with Crippen LogP contribution < -0.4 is 5.73 Å². The molecule has 0 aromatic heterocycles. The van der Waals surface area contributed by atoms with Gasteiger partial charge in [0, 0.05) is 25.6 Å². The highest BCUT2D eigenvalue weighted by atomic mass is 16.2. The van der Waals surface area contributed by atoms with Gasteiger partial charge in [0.2, 0.25) is 5.91 Å². The zero-order chi connectivity index (χ0) is 11.1. The van der Waals surface area contributed by atoms with E-state index in [0.717, 1.165) is 38.8 Å². The van der Waals surface area contributed by atoms with Crippen LogP contribution in [0, 0.1) is 0 Å². The molecule has 0 unspecified atom stereocenters. The van der Waals surface area contributed by atoms with Gasteiger partial charge in [-0.3, -0.25) is 4.79 Å². The molecule has 1 amide bonds. The number of piperidine rings is 1. The van der Waals surface area contributed by atoms with Crippen LogP contribution in [0.2, 0.25) is 0 Å². The Balaban J connectivity index is 2.11. The molecular weight excluding hydrogens is 188 g/mol. The fourth-order valence-corrected chi connectivity index (χ4v) is 2.01. The van der Waals surface area contributed by atoms with Gasteiger partial charge in [-0.05, 0) is 19.3 Å². The van der Waals surface area contributed by atoms with Gasteiger partial charge in [-0.25, -0.2) is 0 Å². The van der Waals surface area contributed by atoms with E-state index in [1.54, 1.807) is 0 Å². The molecule has 1 aliphatic rings. The molecule has 0 spiro atoms. The maximum absolute atomic E-state index is 11.8. The molecule has 88 valence electrons. The van der Waals surface area contributed by atoms with Crippen molar-refractivity contribution < 1.29 is 4.79 Å². The number of hydrogen-bond acceptors (Lipinski definition) is 2. The second-order valence-electron chi connectivity index (χ2n) is 4.53. The van der Waals surface area contributed by atoms with Gasteiger partial charge in [-0.2, -0.15) is 0 Å². The van der Waals surface area contributed by atoms with Gasteiger partial charge in [-0.1, -0.05) is 26.2 Å². The number of unbranched alkanes of at least 4 members (excludes halogenated alkanes) is 3. The zero-order valence-electron chi connectivity index (χ0n) is 9.87. The number of hydrogen-bond donors (Lipinski definition) is 1. The van der Waals surface area contributed by atoms with Crippen molar-refractivity contribution in [1.82, 2.24) is 4.90 Å². The molecule has 1 aliphatic heterocycles. The molecule has 2 N–H and O–H groups in total. The summed E-state index contributed by atoms with van der Waals surface area (Å²) < 4.78 is 0. The molecular formula is C12H24N2O. The summed E-state index contributed by atoms with van der Waals surface area (Å²) in [7, 11) is 0. The quantitative estimate of drug-likeness (QED) is 0.708. The summed E-state index contributed by atoms with van der Waals surface area (Å²) in [4.78, 5) is 13.7. The van der Waals surface area contributed by atoms with Crippen molar-refractivity contribution in [2.75, 3.05) is 13.1 Å². The number of nitrogens with zero attached hydrogens (tertiary/aromatic N) is 1. The number of amides is 1. The van der Waals surface area contributed by atoms with E-state index in [9.17, 15) is 4.79 Å². The number of likely N-dealkylation sites (tertiary alicyclic amines) is 1.